The summed E-state index contributed by atoms with van der Waals surface area (Å²) in [5.74, 6) is 2.47. The summed E-state index contributed by atoms with van der Waals surface area (Å²) in [4.78, 5) is 10.0. The maximum Gasteiger partial charge on any atom is 0.289 e. The maximum atomic E-state index is 12.5. The van der Waals surface area contributed by atoms with Crippen molar-refractivity contribution in [1.82, 2.24) is 4.72 Å². The van der Waals surface area contributed by atoms with Crippen LogP contribution in [0.4, 0.5) is 5.69 Å². The lowest BCUT2D eigenvalue weighted by Crippen LogP contribution is -2.35. The van der Waals surface area contributed by atoms with E-state index in [4.69, 9.17) is 6.42 Å². The predicted octanol–water partition coefficient (Wildman–Crippen LogP) is 3.63. The van der Waals surface area contributed by atoms with Crippen LogP contribution in [0.2, 0.25) is 0 Å². The first kappa shape index (κ1) is 20.1. The third kappa shape index (κ3) is 6.30. The van der Waals surface area contributed by atoms with Crippen molar-refractivity contribution in [1.29, 1.82) is 0 Å². The Morgan fingerprint density at radius 1 is 1.25 bits per heavy atom. The summed E-state index contributed by atoms with van der Waals surface area (Å²) in [6.07, 6.45) is 11.5. The molecule has 0 heterocycles. The van der Waals surface area contributed by atoms with E-state index >= 15 is 0 Å². The lowest BCUT2D eigenvalue weighted by atomic mass is 10.1. The molecule has 1 atom stereocenters. The van der Waals surface area contributed by atoms with Crippen molar-refractivity contribution in [2.75, 3.05) is 0 Å². The number of benzene rings is 1. The highest BCUT2D eigenvalue weighted by molar-refractivity contribution is 7.89. The van der Waals surface area contributed by atoms with E-state index in [2.05, 4.69) is 17.6 Å². The van der Waals surface area contributed by atoms with Crippen LogP contribution in [0.3, 0.4) is 0 Å². The predicted molar refractivity (Wildman–Crippen MR) is 94.0 cm³/mol. The number of nitrogens with one attached hydrogen (secondary N) is 1. The van der Waals surface area contributed by atoms with Gasteiger partial charge in [-0.15, -0.1) is 12.3 Å². The SMILES string of the molecule is C#CC[C@@H](CCCCCCC)NS(=O)(=O)c1ccccc1[N+](=O)[O-]. The maximum absolute atomic E-state index is 12.5. The van der Waals surface area contributed by atoms with E-state index in [1.807, 2.05) is 0 Å². The molecule has 1 aromatic carbocycles. The number of nitro groups is 1. The van der Waals surface area contributed by atoms with Crippen LogP contribution < -0.4 is 4.72 Å². The molecule has 132 valence electrons. The number of sulfonamides is 1. The zero-order valence-corrected chi connectivity index (χ0v) is 14.7. The largest absolute Gasteiger partial charge is 0.289 e. The molecule has 0 fully saturated rings. The van der Waals surface area contributed by atoms with Crippen molar-refractivity contribution in [3.63, 3.8) is 0 Å². The molecule has 6 nitrogen and oxygen atoms in total. The molecule has 0 amide bonds. The standard InChI is InChI=1S/C17H24N2O4S/c1-3-5-6-7-8-12-15(11-4-2)18-24(22,23)17-14-10-9-13-16(17)19(20)21/h2,9-10,13-15,18H,3,5-8,11-12H2,1H3/t15-/m0/s1. The molecule has 24 heavy (non-hydrogen) atoms. The average molecular weight is 352 g/mol. The highest BCUT2D eigenvalue weighted by atomic mass is 32.2. The summed E-state index contributed by atoms with van der Waals surface area (Å²) >= 11 is 0. The molecule has 0 spiro atoms. The highest BCUT2D eigenvalue weighted by Gasteiger charge is 2.27. The van der Waals surface area contributed by atoms with Gasteiger partial charge in [0.2, 0.25) is 10.0 Å². The summed E-state index contributed by atoms with van der Waals surface area (Å²) in [6, 6.07) is 4.89. The number of unbranched alkanes of at least 4 members (excludes halogenated alkanes) is 4. The molecule has 0 saturated carbocycles. The first-order valence-corrected chi connectivity index (χ1v) is 9.60. The third-order valence-electron chi connectivity index (χ3n) is 3.69. The molecule has 7 heteroatoms. The van der Waals surface area contributed by atoms with Crippen molar-refractivity contribution in [3.05, 3.63) is 34.4 Å². The van der Waals surface area contributed by atoms with Crippen molar-refractivity contribution in [2.45, 2.75) is 62.8 Å². The lowest BCUT2D eigenvalue weighted by Gasteiger charge is -2.16. The number of hydrogen-bond acceptors (Lipinski definition) is 4. The van der Waals surface area contributed by atoms with E-state index in [1.165, 1.54) is 24.3 Å². The first-order chi connectivity index (χ1) is 11.4. The van der Waals surface area contributed by atoms with Gasteiger partial charge in [0, 0.05) is 18.5 Å². The second kappa shape index (κ2) is 10.1. The van der Waals surface area contributed by atoms with E-state index < -0.39 is 26.7 Å². The van der Waals surface area contributed by atoms with E-state index in [-0.39, 0.29) is 11.3 Å². The average Bonchev–Trinajstić information content (AvgIpc) is 2.54. The fraction of sp³-hybridized carbons (Fsp3) is 0.529. The molecular formula is C17H24N2O4S. The molecule has 0 bridgehead atoms. The van der Waals surface area contributed by atoms with Gasteiger partial charge in [-0.05, 0) is 12.5 Å². The van der Waals surface area contributed by atoms with E-state index in [9.17, 15) is 18.5 Å². The fourth-order valence-electron chi connectivity index (χ4n) is 2.46. The molecule has 0 radical (unpaired) electrons. The number of hydrogen-bond donors (Lipinski definition) is 1. The van der Waals surface area contributed by atoms with Gasteiger partial charge < -0.3 is 0 Å². The molecule has 0 aliphatic heterocycles. The quantitative estimate of drug-likeness (QED) is 0.285. The Kier molecular flexibility index (Phi) is 8.44. The van der Waals surface area contributed by atoms with Gasteiger partial charge >= 0.3 is 0 Å². The third-order valence-corrected chi connectivity index (χ3v) is 5.26. The number of para-hydroxylation sites is 1. The molecule has 0 saturated heterocycles. The Labute approximate surface area is 143 Å². The van der Waals surface area contributed by atoms with Crippen LogP contribution in [0, 0.1) is 22.5 Å². The fourth-order valence-corrected chi connectivity index (χ4v) is 3.90. The molecule has 1 N–H and O–H groups in total. The van der Waals surface area contributed by atoms with E-state index in [0.717, 1.165) is 32.1 Å². The summed E-state index contributed by atoms with van der Waals surface area (Å²) < 4.78 is 27.5. The number of terminal acetylenes is 1. The van der Waals surface area contributed by atoms with E-state index in [0.29, 0.717) is 6.42 Å². The zero-order chi connectivity index (χ0) is 18.0. The summed E-state index contributed by atoms with van der Waals surface area (Å²) in [6.45, 7) is 2.13. The molecule has 0 aliphatic rings. The Balaban J connectivity index is 2.81. The second-order valence-electron chi connectivity index (χ2n) is 5.65. The Morgan fingerprint density at radius 2 is 1.92 bits per heavy atom. The summed E-state index contributed by atoms with van der Waals surface area (Å²) in [7, 11) is -3.99. The van der Waals surface area contributed by atoms with Crippen molar-refractivity contribution < 1.29 is 13.3 Å². The van der Waals surface area contributed by atoms with Gasteiger partial charge in [-0.25, -0.2) is 13.1 Å². The van der Waals surface area contributed by atoms with Crippen molar-refractivity contribution in [3.8, 4) is 12.3 Å². The number of nitrogens with zero attached hydrogens (tertiary/aromatic N) is 1. The van der Waals surface area contributed by atoms with Crippen LogP contribution >= 0.6 is 0 Å². The smallest absolute Gasteiger partial charge is 0.258 e. The topological polar surface area (TPSA) is 89.3 Å². The van der Waals surface area contributed by atoms with Crippen LogP contribution in [0.5, 0.6) is 0 Å². The van der Waals surface area contributed by atoms with Gasteiger partial charge in [-0.3, -0.25) is 10.1 Å². The monoisotopic (exact) mass is 352 g/mol. The molecular weight excluding hydrogens is 328 g/mol. The number of rotatable bonds is 11. The van der Waals surface area contributed by atoms with Crippen molar-refractivity contribution in [2.24, 2.45) is 0 Å². The molecule has 0 unspecified atom stereocenters. The minimum Gasteiger partial charge on any atom is -0.258 e. The van der Waals surface area contributed by atoms with Crippen LogP contribution in [0.15, 0.2) is 29.2 Å². The van der Waals surface area contributed by atoms with Crippen LogP contribution in [0.25, 0.3) is 0 Å². The highest BCUT2D eigenvalue weighted by Crippen LogP contribution is 2.23. The second-order valence-corrected chi connectivity index (χ2v) is 7.34. The van der Waals surface area contributed by atoms with E-state index in [1.54, 1.807) is 0 Å². The molecule has 1 rings (SSSR count). The minimum absolute atomic E-state index is 0.258. The van der Waals surface area contributed by atoms with Gasteiger partial charge in [-0.1, -0.05) is 51.2 Å². The van der Waals surface area contributed by atoms with Gasteiger partial charge in [0.15, 0.2) is 4.90 Å². The van der Waals surface area contributed by atoms with Crippen molar-refractivity contribution >= 4 is 15.7 Å². The molecule has 1 aromatic rings. The number of nitro benzene ring substituents is 1. The first-order valence-electron chi connectivity index (χ1n) is 8.11. The van der Waals surface area contributed by atoms with Gasteiger partial charge in [0.05, 0.1) is 4.92 Å². The lowest BCUT2D eigenvalue weighted by molar-refractivity contribution is -0.387. The Morgan fingerprint density at radius 3 is 2.54 bits per heavy atom. The summed E-state index contributed by atoms with van der Waals surface area (Å²) in [5.41, 5.74) is -0.438. The van der Waals surface area contributed by atoms with Crippen LogP contribution in [-0.4, -0.2) is 19.4 Å². The van der Waals surface area contributed by atoms with Crippen LogP contribution in [-0.2, 0) is 10.0 Å². The Hall–Kier alpha value is -1.91. The normalized spacial score (nSPS) is 12.5. The molecule has 0 aliphatic carbocycles. The summed E-state index contributed by atoms with van der Waals surface area (Å²) in [5, 5.41) is 11.0. The zero-order valence-electron chi connectivity index (χ0n) is 13.9. The molecule has 0 aromatic heterocycles. The van der Waals surface area contributed by atoms with Gasteiger partial charge in [0.1, 0.15) is 0 Å². The minimum atomic E-state index is -3.99. The van der Waals surface area contributed by atoms with Gasteiger partial charge in [0.25, 0.3) is 5.69 Å². The van der Waals surface area contributed by atoms with Crippen LogP contribution in [0.1, 0.15) is 51.9 Å². The van der Waals surface area contributed by atoms with Gasteiger partial charge in [-0.2, -0.15) is 0 Å². The Bertz CT molecular complexity index is 680.